The molecule has 0 saturated carbocycles. The molecule has 2 aromatic rings. The number of alkyl halides is 3. The summed E-state index contributed by atoms with van der Waals surface area (Å²) >= 11 is 0. The fourth-order valence-electron chi connectivity index (χ4n) is 2.63. The fraction of sp³-hybridized carbons (Fsp3) is 0.300. The van der Waals surface area contributed by atoms with Crippen LogP contribution >= 0.6 is 0 Å². The van der Waals surface area contributed by atoms with Crippen LogP contribution < -0.4 is 5.32 Å². The Balaban J connectivity index is 2.12. The number of halogens is 3. The highest BCUT2D eigenvalue weighted by Crippen LogP contribution is 2.24. The molecule has 0 aliphatic carbocycles. The number of rotatable bonds is 7. The van der Waals surface area contributed by atoms with Gasteiger partial charge in [0, 0.05) is 6.54 Å². The molecule has 30 heavy (non-hydrogen) atoms. The zero-order valence-electron chi connectivity index (χ0n) is 16.2. The largest absolute Gasteiger partial charge is 0.471 e. The molecule has 1 N–H and O–H groups in total. The van der Waals surface area contributed by atoms with Crippen LogP contribution in [0.15, 0.2) is 52.3 Å². The van der Waals surface area contributed by atoms with E-state index in [1.54, 1.807) is 19.2 Å². The van der Waals surface area contributed by atoms with Crippen molar-refractivity contribution < 1.29 is 35.9 Å². The van der Waals surface area contributed by atoms with Crippen LogP contribution in [0.25, 0.3) is 0 Å². The monoisotopic (exact) mass is 443 g/mol. The van der Waals surface area contributed by atoms with Crippen LogP contribution in [-0.4, -0.2) is 39.6 Å². The number of hydrogen-bond acceptors (Lipinski definition) is 5. The first kappa shape index (κ1) is 23.4. The van der Waals surface area contributed by atoms with E-state index in [9.17, 15) is 31.2 Å². The maximum Gasteiger partial charge on any atom is 0.471 e. The zero-order chi connectivity index (χ0) is 22.5. The average Bonchev–Trinajstić information content (AvgIpc) is 2.67. The summed E-state index contributed by atoms with van der Waals surface area (Å²) in [6.45, 7) is 3.23. The number of benzene rings is 2. The fourth-order valence-corrected chi connectivity index (χ4v) is 3.98. The molecule has 2 aromatic carbocycles. The maximum atomic E-state index is 12.8. The first-order valence-corrected chi connectivity index (χ1v) is 10.4. The lowest BCUT2D eigenvalue weighted by Gasteiger charge is -2.10. The molecule has 0 fully saturated rings. The van der Waals surface area contributed by atoms with Crippen LogP contribution in [0.1, 0.15) is 28.4 Å². The van der Waals surface area contributed by atoms with Crippen LogP contribution in [-0.2, 0) is 25.8 Å². The van der Waals surface area contributed by atoms with Crippen LogP contribution in [0.2, 0.25) is 0 Å². The minimum absolute atomic E-state index is 0.00163. The number of ether oxygens (including phenoxy) is 1. The number of amides is 1. The van der Waals surface area contributed by atoms with Crippen molar-refractivity contribution in [3.63, 3.8) is 0 Å². The van der Waals surface area contributed by atoms with Crippen molar-refractivity contribution in [3.8, 4) is 0 Å². The van der Waals surface area contributed by atoms with Gasteiger partial charge in [-0.2, -0.15) is 13.2 Å². The van der Waals surface area contributed by atoms with Crippen molar-refractivity contribution >= 4 is 21.7 Å². The Morgan fingerprint density at radius 2 is 1.63 bits per heavy atom. The number of carbonyl (C=O) groups is 2. The van der Waals surface area contributed by atoms with E-state index in [1.807, 2.05) is 0 Å². The van der Waals surface area contributed by atoms with Crippen molar-refractivity contribution in [2.45, 2.75) is 36.2 Å². The van der Waals surface area contributed by atoms with Crippen molar-refractivity contribution in [2.24, 2.45) is 0 Å². The lowest BCUT2D eigenvalue weighted by atomic mass is 10.1. The molecule has 0 saturated heterocycles. The van der Waals surface area contributed by atoms with Crippen molar-refractivity contribution in [1.82, 2.24) is 5.32 Å². The molecule has 0 aromatic heterocycles. The van der Waals surface area contributed by atoms with Gasteiger partial charge in [0.05, 0.1) is 22.0 Å². The third-order valence-electron chi connectivity index (χ3n) is 4.19. The molecule has 0 spiro atoms. The Bertz CT molecular complexity index is 1030. The third kappa shape index (κ3) is 5.59. The second kappa shape index (κ2) is 9.29. The van der Waals surface area contributed by atoms with Gasteiger partial charge in [-0.3, -0.25) is 4.79 Å². The van der Waals surface area contributed by atoms with E-state index in [1.165, 1.54) is 42.5 Å². The minimum Gasteiger partial charge on any atom is -0.462 e. The van der Waals surface area contributed by atoms with E-state index >= 15 is 0 Å². The third-order valence-corrected chi connectivity index (χ3v) is 5.96. The van der Waals surface area contributed by atoms with Gasteiger partial charge in [-0.25, -0.2) is 13.2 Å². The van der Waals surface area contributed by atoms with Gasteiger partial charge in [0.1, 0.15) is 0 Å². The molecule has 0 radical (unpaired) electrons. The first-order chi connectivity index (χ1) is 14.0. The lowest BCUT2D eigenvalue weighted by molar-refractivity contribution is -0.173. The van der Waals surface area contributed by atoms with Gasteiger partial charge in [0.2, 0.25) is 9.84 Å². The molecule has 162 valence electrons. The average molecular weight is 443 g/mol. The van der Waals surface area contributed by atoms with E-state index in [2.05, 4.69) is 0 Å². The predicted molar refractivity (Wildman–Crippen MR) is 102 cm³/mol. The molecule has 0 aliphatic heterocycles. The van der Waals surface area contributed by atoms with Gasteiger partial charge in [0.15, 0.2) is 0 Å². The first-order valence-electron chi connectivity index (χ1n) is 8.93. The van der Waals surface area contributed by atoms with Crippen LogP contribution in [0.4, 0.5) is 13.2 Å². The molecular formula is C20H20F3NO5S. The van der Waals surface area contributed by atoms with Gasteiger partial charge >= 0.3 is 18.1 Å². The Labute approximate surface area is 172 Å². The molecule has 1 amide bonds. The number of hydrogen-bond donors (Lipinski definition) is 1. The summed E-state index contributed by atoms with van der Waals surface area (Å²) in [7, 11) is -3.86. The summed E-state index contributed by atoms with van der Waals surface area (Å²) in [6.07, 6.45) is -4.84. The standard InChI is InChI=1S/C20H20F3NO5S/c1-3-29-18(25)17-9-8-16(12-13(17)2)30(27,28)15-6-4-14(5-7-15)10-11-24-19(26)20(21,22)23/h4-9,12H,3,10-11H2,1-2H3,(H,24,26). The predicted octanol–water partition coefficient (Wildman–Crippen LogP) is 3.23. The van der Waals surface area contributed by atoms with Gasteiger partial charge in [-0.15, -0.1) is 0 Å². The SMILES string of the molecule is CCOC(=O)c1ccc(S(=O)(=O)c2ccc(CCNC(=O)C(F)(F)F)cc2)cc1C. The van der Waals surface area contributed by atoms with E-state index in [0.29, 0.717) is 11.1 Å². The Morgan fingerprint density at radius 3 is 2.17 bits per heavy atom. The highest BCUT2D eigenvalue weighted by atomic mass is 32.2. The smallest absolute Gasteiger partial charge is 0.462 e. The molecule has 0 bridgehead atoms. The summed E-state index contributed by atoms with van der Waals surface area (Å²) in [5, 5.41) is 1.75. The van der Waals surface area contributed by atoms with Gasteiger partial charge in [0.25, 0.3) is 0 Å². The Hall–Kier alpha value is -2.88. The highest BCUT2D eigenvalue weighted by molar-refractivity contribution is 7.91. The molecule has 10 heteroatoms. The van der Waals surface area contributed by atoms with Crippen molar-refractivity contribution in [1.29, 1.82) is 0 Å². The van der Waals surface area contributed by atoms with E-state index < -0.39 is 27.9 Å². The lowest BCUT2D eigenvalue weighted by Crippen LogP contribution is -2.37. The number of aryl methyl sites for hydroxylation is 1. The van der Waals surface area contributed by atoms with Crippen molar-refractivity contribution in [3.05, 3.63) is 59.2 Å². The summed E-state index contributed by atoms with van der Waals surface area (Å²) in [6, 6.07) is 9.68. The summed E-state index contributed by atoms with van der Waals surface area (Å²) in [4.78, 5) is 22.6. The maximum absolute atomic E-state index is 12.8. The van der Waals surface area contributed by atoms with E-state index in [4.69, 9.17) is 4.74 Å². The topological polar surface area (TPSA) is 89.5 Å². The number of nitrogens with one attached hydrogen (secondary N) is 1. The zero-order valence-corrected chi connectivity index (χ0v) is 17.1. The second-order valence-corrected chi connectivity index (χ2v) is 8.30. The second-order valence-electron chi connectivity index (χ2n) is 6.35. The number of carbonyl (C=O) groups excluding carboxylic acids is 2. The molecule has 6 nitrogen and oxygen atoms in total. The normalized spacial score (nSPS) is 11.8. The molecular weight excluding hydrogens is 423 g/mol. The Morgan fingerprint density at radius 1 is 1.03 bits per heavy atom. The number of esters is 1. The van der Waals surface area contributed by atoms with Crippen molar-refractivity contribution in [2.75, 3.05) is 13.2 Å². The Kier molecular flexibility index (Phi) is 7.25. The quantitative estimate of drug-likeness (QED) is 0.664. The molecule has 0 heterocycles. The summed E-state index contributed by atoms with van der Waals surface area (Å²) in [5.74, 6) is -2.57. The van der Waals surface area contributed by atoms with Crippen LogP contribution in [0.3, 0.4) is 0 Å². The van der Waals surface area contributed by atoms with E-state index in [-0.39, 0.29) is 34.9 Å². The van der Waals surface area contributed by atoms with E-state index in [0.717, 1.165) is 0 Å². The molecule has 0 unspecified atom stereocenters. The van der Waals surface area contributed by atoms with Gasteiger partial charge in [-0.05, 0) is 61.7 Å². The van der Waals surface area contributed by atoms with Gasteiger partial charge < -0.3 is 10.1 Å². The van der Waals surface area contributed by atoms with Gasteiger partial charge in [-0.1, -0.05) is 12.1 Å². The molecule has 0 atom stereocenters. The summed E-state index contributed by atoms with van der Waals surface area (Å²) < 4.78 is 67.0. The van der Waals surface area contributed by atoms with Crippen LogP contribution in [0.5, 0.6) is 0 Å². The molecule has 2 rings (SSSR count). The van der Waals surface area contributed by atoms with Crippen LogP contribution in [0, 0.1) is 6.92 Å². The molecule has 0 aliphatic rings. The number of sulfone groups is 1. The highest BCUT2D eigenvalue weighted by Gasteiger charge is 2.38. The summed E-state index contributed by atoms with van der Waals surface area (Å²) in [5.41, 5.74) is 1.28. The minimum atomic E-state index is -4.95.